The zero-order valence-corrected chi connectivity index (χ0v) is 9.11. The molecule has 86 valence electrons. The number of aliphatic hydroxyl groups is 1. The number of hydrogen-bond donors (Lipinski definition) is 2. The van der Waals surface area contributed by atoms with Crippen LogP contribution in [0.1, 0.15) is 38.5 Å². The van der Waals surface area contributed by atoms with Gasteiger partial charge in [0.25, 0.3) is 0 Å². The number of hydrogen-bond acceptors (Lipinski definition) is 2. The van der Waals surface area contributed by atoms with E-state index in [1.54, 1.807) is 0 Å². The van der Waals surface area contributed by atoms with Gasteiger partial charge in [0.15, 0.2) is 0 Å². The molecule has 1 saturated heterocycles. The van der Waals surface area contributed by atoms with Gasteiger partial charge in [-0.3, -0.25) is 0 Å². The van der Waals surface area contributed by atoms with Gasteiger partial charge in [0.2, 0.25) is 0 Å². The fraction of sp³-hybridized carbons (Fsp3) is 0.909. The first kappa shape index (κ1) is 10.7. The third kappa shape index (κ3) is 2.84. The second-order valence-electron chi connectivity index (χ2n) is 4.58. The smallest absolute Gasteiger partial charge is 0.317 e. The summed E-state index contributed by atoms with van der Waals surface area (Å²) in [5.74, 6) is 0. The molecular weight excluding hydrogens is 192 g/mol. The molecule has 4 nitrogen and oxygen atoms in total. The third-order valence-electron chi connectivity index (χ3n) is 3.26. The van der Waals surface area contributed by atoms with Crippen LogP contribution in [0.2, 0.25) is 0 Å². The molecule has 15 heavy (non-hydrogen) atoms. The highest BCUT2D eigenvalue weighted by molar-refractivity contribution is 5.75. The maximum absolute atomic E-state index is 11.9. The molecule has 4 heteroatoms. The van der Waals surface area contributed by atoms with Crippen LogP contribution < -0.4 is 5.32 Å². The number of carbonyl (C=O) groups excluding carboxylic acids is 1. The topological polar surface area (TPSA) is 52.6 Å². The van der Waals surface area contributed by atoms with Gasteiger partial charge in [0.1, 0.15) is 0 Å². The van der Waals surface area contributed by atoms with Crippen LogP contribution in [0.3, 0.4) is 0 Å². The first-order valence-electron chi connectivity index (χ1n) is 5.99. The third-order valence-corrected chi connectivity index (χ3v) is 3.26. The van der Waals surface area contributed by atoms with Gasteiger partial charge in [-0.1, -0.05) is 0 Å². The van der Waals surface area contributed by atoms with Crippen molar-refractivity contribution in [2.45, 2.75) is 50.6 Å². The SMILES string of the molecule is O=C(NC1CC1)N1CCCCC1CCO. The summed E-state index contributed by atoms with van der Waals surface area (Å²) in [7, 11) is 0. The van der Waals surface area contributed by atoms with Gasteiger partial charge >= 0.3 is 6.03 Å². The summed E-state index contributed by atoms with van der Waals surface area (Å²) >= 11 is 0. The van der Waals surface area contributed by atoms with Gasteiger partial charge in [0, 0.05) is 25.2 Å². The van der Waals surface area contributed by atoms with Crippen LogP contribution in [0.4, 0.5) is 4.79 Å². The summed E-state index contributed by atoms with van der Waals surface area (Å²) < 4.78 is 0. The number of rotatable bonds is 3. The Hall–Kier alpha value is -0.770. The molecule has 2 amide bonds. The van der Waals surface area contributed by atoms with Crippen LogP contribution in [0, 0.1) is 0 Å². The molecule has 2 aliphatic rings. The Bertz CT molecular complexity index is 227. The minimum Gasteiger partial charge on any atom is -0.396 e. The van der Waals surface area contributed by atoms with E-state index in [-0.39, 0.29) is 18.7 Å². The van der Waals surface area contributed by atoms with E-state index < -0.39 is 0 Å². The summed E-state index contributed by atoms with van der Waals surface area (Å²) in [5, 5.41) is 12.0. The van der Waals surface area contributed by atoms with Crippen LogP contribution >= 0.6 is 0 Å². The zero-order chi connectivity index (χ0) is 10.7. The summed E-state index contributed by atoms with van der Waals surface area (Å²) in [6, 6.07) is 0.757. The van der Waals surface area contributed by atoms with Crippen molar-refractivity contribution in [2.24, 2.45) is 0 Å². The fourth-order valence-electron chi connectivity index (χ4n) is 2.20. The molecular formula is C11H20N2O2. The molecule has 0 bridgehead atoms. The maximum atomic E-state index is 11.9. The van der Waals surface area contributed by atoms with E-state index in [0.29, 0.717) is 6.04 Å². The Labute approximate surface area is 90.6 Å². The van der Waals surface area contributed by atoms with Gasteiger partial charge in [-0.25, -0.2) is 4.79 Å². The van der Waals surface area contributed by atoms with Crippen molar-refractivity contribution in [1.82, 2.24) is 10.2 Å². The van der Waals surface area contributed by atoms with Crippen molar-refractivity contribution < 1.29 is 9.90 Å². The van der Waals surface area contributed by atoms with Gasteiger partial charge in [-0.2, -0.15) is 0 Å². The van der Waals surface area contributed by atoms with E-state index >= 15 is 0 Å². The number of nitrogens with zero attached hydrogens (tertiary/aromatic N) is 1. The van der Waals surface area contributed by atoms with Gasteiger partial charge in [-0.05, 0) is 38.5 Å². The highest BCUT2D eigenvalue weighted by Crippen LogP contribution is 2.22. The molecule has 0 radical (unpaired) electrons. The highest BCUT2D eigenvalue weighted by atomic mass is 16.3. The van der Waals surface area contributed by atoms with Crippen molar-refractivity contribution in [2.75, 3.05) is 13.2 Å². The second kappa shape index (κ2) is 4.84. The van der Waals surface area contributed by atoms with Crippen LogP contribution in [-0.2, 0) is 0 Å². The lowest BCUT2D eigenvalue weighted by Crippen LogP contribution is -2.49. The van der Waals surface area contributed by atoms with Gasteiger partial charge in [-0.15, -0.1) is 0 Å². The summed E-state index contributed by atoms with van der Waals surface area (Å²) in [6.45, 7) is 1.03. The molecule has 1 heterocycles. The van der Waals surface area contributed by atoms with E-state index in [2.05, 4.69) is 5.32 Å². The van der Waals surface area contributed by atoms with Crippen molar-refractivity contribution >= 4 is 6.03 Å². The molecule has 0 aromatic carbocycles. The second-order valence-corrected chi connectivity index (χ2v) is 4.58. The first-order valence-corrected chi connectivity index (χ1v) is 5.99. The van der Waals surface area contributed by atoms with E-state index in [4.69, 9.17) is 5.11 Å². The van der Waals surface area contributed by atoms with Crippen molar-refractivity contribution in [1.29, 1.82) is 0 Å². The number of carbonyl (C=O) groups is 1. The van der Waals surface area contributed by atoms with Crippen LogP contribution in [-0.4, -0.2) is 41.3 Å². The Balaban J connectivity index is 1.87. The minimum atomic E-state index is 0.0793. The molecule has 1 aliphatic carbocycles. The largest absolute Gasteiger partial charge is 0.396 e. The predicted molar refractivity (Wildman–Crippen MR) is 57.6 cm³/mol. The summed E-state index contributed by atoms with van der Waals surface area (Å²) in [4.78, 5) is 13.8. The average molecular weight is 212 g/mol. The summed E-state index contributed by atoms with van der Waals surface area (Å²) in [5.41, 5.74) is 0. The van der Waals surface area contributed by atoms with E-state index in [9.17, 15) is 4.79 Å². The van der Waals surface area contributed by atoms with E-state index in [0.717, 1.165) is 38.6 Å². The highest BCUT2D eigenvalue weighted by Gasteiger charge is 2.30. The Morgan fingerprint density at radius 3 is 2.80 bits per heavy atom. The lowest BCUT2D eigenvalue weighted by atomic mass is 10.0. The number of likely N-dealkylation sites (tertiary alicyclic amines) is 1. The van der Waals surface area contributed by atoms with Crippen molar-refractivity contribution in [3.63, 3.8) is 0 Å². The number of amides is 2. The van der Waals surface area contributed by atoms with Crippen LogP contribution in [0.15, 0.2) is 0 Å². The normalized spacial score (nSPS) is 26.5. The molecule has 0 aromatic rings. The number of piperidine rings is 1. The van der Waals surface area contributed by atoms with Crippen LogP contribution in [0.5, 0.6) is 0 Å². The number of urea groups is 1. The summed E-state index contributed by atoms with van der Waals surface area (Å²) in [6.07, 6.45) is 6.29. The average Bonchev–Trinajstić information content (AvgIpc) is 3.03. The van der Waals surface area contributed by atoms with Crippen molar-refractivity contribution in [3.8, 4) is 0 Å². The molecule has 0 aromatic heterocycles. The standard InChI is InChI=1S/C11H20N2O2/c14-8-6-10-3-1-2-7-13(10)11(15)12-9-4-5-9/h9-10,14H,1-8H2,(H,12,15). The molecule has 1 atom stereocenters. The Kier molecular flexibility index (Phi) is 3.46. The number of nitrogens with one attached hydrogen (secondary N) is 1. The molecule has 1 saturated carbocycles. The van der Waals surface area contributed by atoms with Gasteiger partial charge < -0.3 is 15.3 Å². The molecule has 1 aliphatic heterocycles. The number of aliphatic hydroxyl groups excluding tert-OH is 1. The van der Waals surface area contributed by atoms with Crippen LogP contribution in [0.25, 0.3) is 0 Å². The lowest BCUT2D eigenvalue weighted by molar-refractivity contribution is 0.131. The molecule has 1 unspecified atom stereocenters. The monoisotopic (exact) mass is 212 g/mol. The molecule has 2 fully saturated rings. The molecule has 2 rings (SSSR count). The van der Waals surface area contributed by atoms with E-state index in [1.165, 1.54) is 6.42 Å². The quantitative estimate of drug-likeness (QED) is 0.736. The molecule has 2 N–H and O–H groups in total. The predicted octanol–water partition coefficient (Wildman–Crippen LogP) is 1.10. The Morgan fingerprint density at radius 2 is 2.13 bits per heavy atom. The van der Waals surface area contributed by atoms with Crippen molar-refractivity contribution in [3.05, 3.63) is 0 Å². The first-order chi connectivity index (χ1) is 7.31. The lowest BCUT2D eigenvalue weighted by Gasteiger charge is -2.35. The fourth-order valence-corrected chi connectivity index (χ4v) is 2.20. The molecule has 0 spiro atoms. The Morgan fingerprint density at radius 1 is 1.33 bits per heavy atom. The minimum absolute atomic E-state index is 0.0793. The maximum Gasteiger partial charge on any atom is 0.317 e. The van der Waals surface area contributed by atoms with E-state index in [1.807, 2.05) is 4.90 Å². The van der Waals surface area contributed by atoms with Gasteiger partial charge in [0.05, 0.1) is 0 Å². The zero-order valence-electron chi connectivity index (χ0n) is 9.11.